The second-order valence-corrected chi connectivity index (χ2v) is 9.82. The molecule has 1 saturated heterocycles. The lowest BCUT2D eigenvalue weighted by Crippen LogP contribution is -2.47. The molecule has 0 amide bonds. The lowest BCUT2D eigenvalue weighted by Gasteiger charge is -2.31. The van der Waals surface area contributed by atoms with Gasteiger partial charge in [0.05, 0.1) is 9.82 Å². The van der Waals surface area contributed by atoms with Crippen LogP contribution >= 0.6 is 15.9 Å². The number of likely N-dealkylation sites (N-methyl/N-ethyl adjacent to an activating group) is 1. The van der Waals surface area contributed by atoms with E-state index >= 15 is 0 Å². The average molecular weight is 483 g/mol. The number of nitro groups is 1. The summed E-state index contributed by atoms with van der Waals surface area (Å²) in [6.45, 7) is 3.88. The number of piperazine rings is 1. The fourth-order valence-corrected chi connectivity index (χ4v) is 5.33. The zero-order valence-corrected chi connectivity index (χ0v) is 18.6. The Bertz CT molecular complexity index is 1010. The highest BCUT2D eigenvalue weighted by atomic mass is 79.9. The van der Waals surface area contributed by atoms with Gasteiger partial charge in [-0.25, -0.2) is 8.42 Å². The molecule has 1 atom stereocenters. The van der Waals surface area contributed by atoms with Gasteiger partial charge in [-0.2, -0.15) is 4.31 Å². The number of hydrogen-bond donors (Lipinski definition) is 1. The molecular formula is C19H23BrN4O4S. The van der Waals surface area contributed by atoms with Gasteiger partial charge in [-0.1, -0.05) is 34.1 Å². The molecule has 29 heavy (non-hydrogen) atoms. The summed E-state index contributed by atoms with van der Waals surface area (Å²) in [5.41, 5.74) is 0.950. The first-order valence-electron chi connectivity index (χ1n) is 9.18. The Balaban J connectivity index is 1.89. The molecule has 0 spiro atoms. The van der Waals surface area contributed by atoms with Gasteiger partial charge in [0.15, 0.2) is 0 Å². The summed E-state index contributed by atoms with van der Waals surface area (Å²) in [5, 5.41) is 14.8. The third-order valence-electron chi connectivity index (χ3n) is 5.01. The molecule has 0 aromatic heterocycles. The zero-order chi connectivity index (χ0) is 21.2. The molecule has 10 heteroatoms. The van der Waals surface area contributed by atoms with Crippen LogP contribution in [0.3, 0.4) is 0 Å². The number of nitro benzene ring substituents is 1. The maximum absolute atomic E-state index is 12.9. The molecule has 1 unspecified atom stereocenters. The van der Waals surface area contributed by atoms with E-state index in [1.165, 1.54) is 16.4 Å². The lowest BCUT2D eigenvalue weighted by atomic mass is 10.1. The SMILES string of the molecule is CC(Nc1ccc(S(=O)(=O)N2CCN(C)CC2)cc1[N+](=O)[O-])c1ccccc1Br. The molecule has 0 aliphatic carbocycles. The van der Waals surface area contributed by atoms with Gasteiger partial charge in [0.2, 0.25) is 10.0 Å². The first kappa shape index (κ1) is 21.7. The van der Waals surface area contributed by atoms with Gasteiger partial charge >= 0.3 is 0 Å². The van der Waals surface area contributed by atoms with Crippen LogP contribution in [-0.2, 0) is 10.0 Å². The van der Waals surface area contributed by atoms with Crippen LogP contribution < -0.4 is 5.32 Å². The maximum Gasteiger partial charge on any atom is 0.293 e. The van der Waals surface area contributed by atoms with Gasteiger partial charge < -0.3 is 10.2 Å². The molecule has 2 aromatic rings. The summed E-state index contributed by atoms with van der Waals surface area (Å²) in [7, 11) is -1.85. The number of sulfonamides is 1. The van der Waals surface area contributed by atoms with E-state index in [0.717, 1.165) is 16.1 Å². The Morgan fingerprint density at radius 3 is 2.41 bits per heavy atom. The second-order valence-electron chi connectivity index (χ2n) is 7.03. The number of halogens is 1. The molecule has 0 radical (unpaired) electrons. The molecule has 1 aliphatic heterocycles. The van der Waals surface area contributed by atoms with Crippen LogP contribution in [0.2, 0.25) is 0 Å². The zero-order valence-electron chi connectivity index (χ0n) is 16.2. The van der Waals surface area contributed by atoms with Crippen LogP contribution in [0.15, 0.2) is 51.8 Å². The fourth-order valence-electron chi connectivity index (χ4n) is 3.26. The number of anilines is 1. The predicted molar refractivity (Wildman–Crippen MR) is 116 cm³/mol. The summed E-state index contributed by atoms with van der Waals surface area (Å²) in [4.78, 5) is 13.1. The number of benzene rings is 2. The van der Waals surface area contributed by atoms with E-state index in [0.29, 0.717) is 26.2 Å². The quantitative estimate of drug-likeness (QED) is 0.500. The molecule has 1 N–H and O–H groups in total. The molecular weight excluding hydrogens is 460 g/mol. The summed E-state index contributed by atoms with van der Waals surface area (Å²) in [5.74, 6) is 0. The standard InChI is InChI=1S/C19H23BrN4O4S/c1-14(16-5-3-4-6-17(16)20)21-18-8-7-15(13-19(18)24(25)26)29(27,28)23-11-9-22(2)10-12-23/h3-8,13-14,21H,9-12H2,1-2H3. The van der Waals surface area contributed by atoms with Gasteiger partial charge in [-0.3, -0.25) is 10.1 Å². The van der Waals surface area contributed by atoms with Crippen LogP contribution in [0, 0.1) is 10.1 Å². The van der Waals surface area contributed by atoms with Gasteiger partial charge in [0.25, 0.3) is 5.69 Å². The fraction of sp³-hybridized carbons (Fsp3) is 0.368. The van der Waals surface area contributed by atoms with Crippen LogP contribution in [-0.4, -0.2) is 55.8 Å². The third kappa shape index (κ3) is 4.77. The molecule has 8 nitrogen and oxygen atoms in total. The van der Waals surface area contributed by atoms with Gasteiger partial charge in [-0.15, -0.1) is 0 Å². The van der Waals surface area contributed by atoms with Gasteiger partial charge in [0.1, 0.15) is 5.69 Å². The highest BCUT2D eigenvalue weighted by molar-refractivity contribution is 9.10. The monoisotopic (exact) mass is 482 g/mol. The number of hydrogen-bond acceptors (Lipinski definition) is 6. The minimum atomic E-state index is -3.78. The van der Waals surface area contributed by atoms with Gasteiger partial charge in [0, 0.05) is 42.8 Å². The Kier molecular flexibility index (Phi) is 6.57. The van der Waals surface area contributed by atoms with Crippen LogP contribution in [0.4, 0.5) is 11.4 Å². The molecule has 3 rings (SSSR count). The van der Waals surface area contributed by atoms with E-state index in [4.69, 9.17) is 0 Å². The van der Waals surface area contributed by atoms with Crippen LogP contribution in [0.1, 0.15) is 18.5 Å². The van der Waals surface area contributed by atoms with Crippen molar-refractivity contribution in [2.24, 2.45) is 0 Å². The minimum Gasteiger partial charge on any atom is -0.373 e. The summed E-state index contributed by atoms with van der Waals surface area (Å²) >= 11 is 3.48. The number of nitrogens with zero attached hydrogens (tertiary/aromatic N) is 3. The van der Waals surface area contributed by atoms with Crippen LogP contribution in [0.5, 0.6) is 0 Å². The van der Waals surface area contributed by atoms with Crippen molar-refractivity contribution in [2.75, 3.05) is 38.5 Å². The first-order valence-corrected chi connectivity index (χ1v) is 11.4. The van der Waals surface area contributed by atoms with E-state index in [1.54, 1.807) is 0 Å². The van der Waals surface area contributed by atoms with Crippen molar-refractivity contribution in [3.8, 4) is 0 Å². The van der Waals surface area contributed by atoms with E-state index in [-0.39, 0.29) is 22.3 Å². The number of nitrogens with one attached hydrogen (secondary N) is 1. The Morgan fingerprint density at radius 1 is 1.14 bits per heavy atom. The topological polar surface area (TPSA) is 95.8 Å². The van der Waals surface area contributed by atoms with Crippen LogP contribution in [0.25, 0.3) is 0 Å². The predicted octanol–water partition coefficient (Wildman–Crippen LogP) is 3.47. The van der Waals surface area contributed by atoms with Crippen molar-refractivity contribution >= 4 is 37.3 Å². The minimum absolute atomic E-state index is 0.0622. The average Bonchev–Trinajstić information content (AvgIpc) is 2.68. The van der Waals surface area contributed by atoms with Crippen molar-refractivity contribution in [1.29, 1.82) is 0 Å². The van der Waals surface area contributed by atoms with Gasteiger partial charge in [-0.05, 0) is 37.7 Å². The Morgan fingerprint density at radius 2 is 1.79 bits per heavy atom. The summed E-state index contributed by atoms with van der Waals surface area (Å²) in [6.07, 6.45) is 0. The summed E-state index contributed by atoms with van der Waals surface area (Å²) < 4.78 is 28.1. The Hall–Kier alpha value is -2.01. The van der Waals surface area contributed by atoms with E-state index in [2.05, 4.69) is 21.2 Å². The van der Waals surface area contributed by atoms with Crippen molar-refractivity contribution < 1.29 is 13.3 Å². The molecule has 156 valence electrons. The second kappa shape index (κ2) is 8.78. The number of rotatable bonds is 6. The molecule has 2 aromatic carbocycles. The summed E-state index contributed by atoms with van der Waals surface area (Å²) in [6, 6.07) is 11.4. The van der Waals surface area contributed by atoms with Crippen molar-refractivity contribution in [3.05, 3.63) is 62.6 Å². The van der Waals surface area contributed by atoms with Crippen molar-refractivity contribution in [1.82, 2.24) is 9.21 Å². The smallest absolute Gasteiger partial charge is 0.293 e. The normalized spacial score (nSPS) is 17.1. The molecule has 1 heterocycles. The lowest BCUT2D eigenvalue weighted by molar-refractivity contribution is -0.384. The van der Waals surface area contributed by atoms with E-state index < -0.39 is 14.9 Å². The third-order valence-corrected chi connectivity index (χ3v) is 7.63. The highest BCUT2D eigenvalue weighted by Gasteiger charge is 2.30. The molecule has 1 aliphatic rings. The highest BCUT2D eigenvalue weighted by Crippen LogP contribution is 2.33. The van der Waals surface area contributed by atoms with Crippen molar-refractivity contribution in [2.45, 2.75) is 17.9 Å². The maximum atomic E-state index is 12.9. The first-order chi connectivity index (χ1) is 13.7. The van der Waals surface area contributed by atoms with Crippen molar-refractivity contribution in [3.63, 3.8) is 0 Å². The largest absolute Gasteiger partial charge is 0.373 e. The van der Waals surface area contributed by atoms with E-state index in [9.17, 15) is 18.5 Å². The Labute approximate surface area is 178 Å². The van der Waals surface area contributed by atoms with E-state index in [1.807, 2.05) is 43.1 Å². The molecule has 0 bridgehead atoms. The molecule has 0 saturated carbocycles. The molecule has 1 fully saturated rings.